The van der Waals surface area contributed by atoms with Gasteiger partial charge in [-0.05, 0) is 43.3 Å². The van der Waals surface area contributed by atoms with Crippen LogP contribution in [0.2, 0.25) is 5.02 Å². The Hall–Kier alpha value is -1.93. The highest BCUT2D eigenvalue weighted by Gasteiger charge is 2.04. The molecule has 0 aliphatic rings. The number of fused-ring (bicyclic) bond motifs is 1. The van der Waals surface area contributed by atoms with Crippen molar-refractivity contribution in [3.63, 3.8) is 0 Å². The summed E-state index contributed by atoms with van der Waals surface area (Å²) in [6.07, 6.45) is 2.00. The molecular weight excluding hydrogens is 258 g/mol. The van der Waals surface area contributed by atoms with Crippen molar-refractivity contribution in [3.8, 4) is 5.75 Å². The van der Waals surface area contributed by atoms with Crippen LogP contribution in [0.5, 0.6) is 5.75 Å². The fourth-order valence-electron chi connectivity index (χ4n) is 2.10. The Morgan fingerprint density at radius 2 is 1.89 bits per heavy atom. The Labute approximate surface area is 117 Å². The third-order valence-corrected chi connectivity index (χ3v) is 3.38. The molecule has 3 heteroatoms. The molecule has 0 radical (unpaired) electrons. The summed E-state index contributed by atoms with van der Waals surface area (Å²) < 4.78 is 5.77. The number of benzene rings is 2. The van der Waals surface area contributed by atoms with Gasteiger partial charge >= 0.3 is 0 Å². The molecule has 2 aromatic carbocycles. The molecule has 0 unspecified atom stereocenters. The second kappa shape index (κ2) is 4.98. The molecule has 1 N–H and O–H groups in total. The third-order valence-electron chi connectivity index (χ3n) is 3.13. The van der Waals surface area contributed by atoms with Gasteiger partial charge in [-0.3, -0.25) is 0 Å². The molecule has 1 heterocycles. The van der Waals surface area contributed by atoms with Crippen LogP contribution in [0.1, 0.15) is 11.1 Å². The van der Waals surface area contributed by atoms with E-state index in [0.717, 1.165) is 21.9 Å². The van der Waals surface area contributed by atoms with Gasteiger partial charge in [0.2, 0.25) is 0 Å². The number of aromatic nitrogens is 1. The zero-order valence-corrected chi connectivity index (χ0v) is 11.4. The predicted octanol–water partition coefficient (Wildman–Crippen LogP) is 4.71. The number of aromatic amines is 1. The van der Waals surface area contributed by atoms with Crippen molar-refractivity contribution in [2.24, 2.45) is 0 Å². The number of nitrogens with one attached hydrogen (secondary N) is 1. The lowest BCUT2D eigenvalue weighted by atomic mass is 10.1. The van der Waals surface area contributed by atoms with Crippen LogP contribution in [0.3, 0.4) is 0 Å². The maximum atomic E-state index is 5.85. The molecule has 3 aromatic rings. The lowest BCUT2D eigenvalue weighted by Gasteiger charge is -2.05. The topological polar surface area (TPSA) is 25.0 Å². The zero-order valence-electron chi connectivity index (χ0n) is 10.6. The fraction of sp³-hybridized carbons (Fsp3) is 0.125. The van der Waals surface area contributed by atoms with E-state index in [1.54, 1.807) is 0 Å². The summed E-state index contributed by atoms with van der Waals surface area (Å²) in [7, 11) is 0. The molecule has 96 valence electrons. The first kappa shape index (κ1) is 12.1. The van der Waals surface area contributed by atoms with Crippen LogP contribution in [-0.4, -0.2) is 4.98 Å². The standard InChI is InChI=1S/C16H14ClNO/c1-11-2-7-16-15(8-11)12(9-18-16)10-19-14-5-3-13(17)4-6-14/h2-9,18H,10H2,1H3. The van der Waals surface area contributed by atoms with Crippen LogP contribution in [0, 0.1) is 6.92 Å². The van der Waals surface area contributed by atoms with Gasteiger partial charge in [-0.25, -0.2) is 0 Å². The van der Waals surface area contributed by atoms with Gasteiger partial charge in [-0.2, -0.15) is 0 Å². The first-order valence-electron chi connectivity index (χ1n) is 6.17. The molecule has 3 rings (SSSR count). The van der Waals surface area contributed by atoms with E-state index < -0.39 is 0 Å². The molecule has 1 aromatic heterocycles. The van der Waals surface area contributed by atoms with Crippen molar-refractivity contribution in [2.75, 3.05) is 0 Å². The van der Waals surface area contributed by atoms with E-state index in [0.29, 0.717) is 6.61 Å². The van der Waals surface area contributed by atoms with Crippen molar-refractivity contribution in [1.82, 2.24) is 4.98 Å². The fourth-order valence-corrected chi connectivity index (χ4v) is 2.23. The third kappa shape index (κ3) is 2.59. The minimum absolute atomic E-state index is 0.547. The van der Waals surface area contributed by atoms with Gasteiger partial charge in [0, 0.05) is 27.7 Å². The molecule has 0 spiro atoms. The van der Waals surface area contributed by atoms with Crippen molar-refractivity contribution in [1.29, 1.82) is 0 Å². The first-order chi connectivity index (χ1) is 9.22. The number of hydrogen-bond acceptors (Lipinski definition) is 1. The van der Waals surface area contributed by atoms with Gasteiger partial charge in [0.25, 0.3) is 0 Å². The number of H-pyrrole nitrogens is 1. The van der Waals surface area contributed by atoms with Crippen molar-refractivity contribution >= 4 is 22.5 Å². The van der Waals surface area contributed by atoms with Gasteiger partial charge in [0.15, 0.2) is 0 Å². The summed E-state index contributed by atoms with van der Waals surface area (Å²) in [5.74, 6) is 0.825. The monoisotopic (exact) mass is 271 g/mol. The van der Waals surface area contributed by atoms with Gasteiger partial charge in [0.1, 0.15) is 12.4 Å². The molecule has 0 amide bonds. The second-order valence-electron chi connectivity index (χ2n) is 4.61. The first-order valence-corrected chi connectivity index (χ1v) is 6.55. The minimum Gasteiger partial charge on any atom is -0.489 e. The molecule has 0 atom stereocenters. The molecular formula is C16H14ClNO. The molecule has 2 nitrogen and oxygen atoms in total. The smallest absolute Gasteiger partial charge is 0.119 e. The van der Waals surface area contributed by atoms with E-state index in [2.05, 4.69) is 30.1 Å². The normalized spacial score (nSPS) is 10.8. The maximum Gasteiger partial charge on any atom is 0.119 e. The number of aryl methyl sites for hydroxylation is 1. The van der Waals surface area contributed by atoms with E-state index in [-0.39, 0.29) is 0 Å². The number of ether oxygens (including phenoxy) is 1. The summed E-state index contributed by atoms with van der Waals surface area (Å²) in [5.41, 5.74) is 3.55. The van der Waals surface area contributed by atoms with E-state index in [1.165, 1.54) is 10.9 Å². The maximum absolute atomic E-state index is 5.85. The van der Waals surface area contributed by atoms with Gasteiger partial charge in [0.05, 0.1) is 0 Å². The number of hydrogen-bond donors (Lipinski definition) is 1. The molecule has 0 saturated heterocycles. The summed E-state index contributed by atoms with van der Waals surface area (Å²) >= 11 is 5.85. The molecule has 0 bridgehead atoms. The Kier molecular flexibility index (Phi) is 3.18. The SMILES string of the molecule is Cc1ccc2[nH]cc(COc3ccc(Cl)cc3)c2c1. The van der Waals surface area contributed by atoms with Gasteiger partial charge in [-0.15, -0.1) is 0 Å². The Morgan fingerprint density at radius 3 is 2.68 bits per heavy atom. The molecule has 0 aliphatic carbocycles. The van der Waals surface area contributed by atoms with Crippen LogP contribution in [-0.2, 0) is 6.61 Å². The molecule has 0 saturated carbocycles. The van der Waals surface area contributed by atoms with E-state index in [1.807, 2.05) is 30.5 Å². The van der Waals surface area contributed by atoms with Crippen LogP contribution in [0.25, 0.3) is 10.9 Å². The predicted molar refractivity (Wildman–Crippen MR) is 78.8 cm³/mol. The lowest BCUT2D eigenvalue weighted by Crippen LogP contribution is -1.94. The van der Waals surface area contributed by atoms with Crippen LogP contribution < -0.4 is 4.74 Å². The Morgan fingerprint density at radius 1 is 1.11 bits per heavy atom. The largest absolute Gasteiger partial charge is 0.489 e. The highest BCUT2D eigenvalue weighted by molar-refractivity contribution is 6.30. The molecule has 19 heavy (non-hydrogen) atoms. The number of rotatable bonds is 3. The average Bonchev–Trinajstić information content (AvgIpc) is 2.80. The van der Waals surface area contributed by atoms with Crippen LogP contribution in [0.15, 0.2) is 48.7 Å². The van der Waals surface area contributed by atoms with E-state index >= 15 is 0 Å². The summed E-state index contributed by atoms with van der Waals surface area (Å²) in [5, 5.41) is 1.93. The summed E-state index contributed by atoms with van der Waals surface area (Å²) in [4.78, 5) is 3.26. The van der Waals surface area contributed by atoms with Crippen LogP contribution in [0.4, 0.5) is 0 Å². The van der Waals surface area contributed by atoms with Crippen molar-refractivity contribution < 1.29 is 4.74 Å². The van der Waals surface area contributed by atoms with Gasteiger partial charge in [-0.1, -0.05) is 23.2 Å². The molecule has 0 fully saturated rings. The van der Waals surface area contributed by atoms with E-state index in [4.69, 9.17) is 16.3 Å². The second-order valence-corrected chi connectivity index (χ2v) is 5.04. The highest BCUT2D eigenvalue weighted by Crippen LogP contribution is 2.22. The van der Waals surface area contributed by atoms with Crippen molar-refractivity contribution in [2.45, 2.75) is 13.5 Å². The van der Waals surface area contributed by atoms with Crippen LogP contribution >= 0.6 is 11.6 Å². The average molecular weight is 272 g/mol. The summed E-state index contributed by atoms with van der Waals surface area (Å²) in [6.45, 7) is 2.64. The Bertz CT molecular complexity index is 700. The lowest BCUT2D eigenvalue weighted by molar-refractivity contribution is 0.307. The van der Waals surface area contributed by atoms with Crippen molar-refractivity contribution in [3.05, 3.63) is 64.8 Å². The molecule has 0 aliphatic heterocycles. The van der Waals surface area contributed by atoms with E-state index in [9.17, 15) is 0 Å². The Balaban J connectivity index is 1.81. The zero-order chi connectivity index (χ0) is 13.2. The quantitative estimate of drug-likeness (QED) is 0.733. The minimum atomic E-state index is 0.547. The van der Waals surface area contributed by atoms with Gasteiger partial charge < -0.3 is 9.72 Å². The summed E-state index contributed by atoms with van der Waals surface area (Å²) in [6, 6.07) is 13.8. The number of halogens is 1. The highest BCUT2D eigenvalue weighted by atomic mass is 35.5.